The molecule has 2 aromatic heterocycles. The topological polar surface area (TPSA) is 102 Å². The zero-order chi connectivity index (χ0) is 16.6. The molecule has 0 aliphatic heterocycles. The van der Waals surface area contributed by atoms with E-state index in [1.807, 2.05) is 12.3 Å². The first-order valence-electron chi connectivity index (χ1n) is 6.62. The van der Waals surface area contributed by atoms with Crippen molar-refractivity contribution in [3.05, 3.63) is 46.0 Å². The molecule has 3 rings (SSSR count). The number of carboxylic acid groups (broad SMARTS) is 2. The molecular weight excluding hydrogens is 320 g/mol. The van der Waals surface area contributed by atoms with Crippen molar-refractivity contribution in [2.24, 2.45) is 0 Å². The number of aryl methyl sites for hydroxylation is 1. The number of carboxylic acids is 1. The largest absolute Gasteiger partial charge is 0.487 e. The first-order valence-corrected chi connectivity index (χ1v) is 7.50. The van der Waals surface area contributed by atoms with Gasteiger partial charge in [0.25, 0.3) is 0 Å². The van der Waals surface area contributed by atoms with Crippen molar-refractivity contribution in [1.82, 2.24) is 9.55 Å². The maximum atomic E-state index is 11.3. The van der Waals surface area contributed by atoms with Crippen molar-refractivity contribution in [3.8, 4) is 5.75 Å². The average Bonchev–Trinajstić information content (AvgIpc) is 3.08. The van der Waals surface area contributed by atoms with Crippen molar-refractivity contribution in [3.63, 3.8) is 0 Å². The summed E-state index contributed by atoms with van der Waals surface area (Å²) in [6.45, 7) is 2.12. The van der Waals surface area contributed by atoms with Crippen LogP contribution < -0.4 is 4.74 Å². The van der Waals surface area contributed by atoms with Crippen molar-refractivity contribution in [2.45, 2.75) is 13.5 Å². The second-order valence-electron chi connectivity index (χ2n) is 4.79. The Morgan fingerprint density at radius 2 is 2.13 bits per heavy atom. The molecule has 0 spiro atoms. The minimum atomic E-state index is -1.36. The van der Waals surface area contributed by atoms with Gasteiger partial charge in [0.05, 0.1) is 16.2 Å². The van der Waals surface area contributed by atoms with Crippen LogP contribution in [0.4, 0.5) is 4.79 Å². The third-order valence-corrected chi connectivity index (χ3v) is 4.08. The number of carbonyl (C=O) groups is 2. The summed E-state index contributed by atoms with van der Waals surface area (Å²) in [4.78, 5) is 26.9. The molecule has 0 atom stereocenters. The standard InChI is InChI=1S/C15H12N2O5S/c1-8-16-9(7-23-8)6-22-13-4-2-3-11-10(13)5-12(14(18)19)17(11)15(20)21/h2-5,7H,6H2,1H3,(H,18,19)(H,20,21). The lowest BCUT2D eigenvalue weighted by molar-refractivity contribution is 0.0684. The van der Waals surface area contributed by atoms with Crippen LogP contribution in [0.5, 0.6) is 5.75 Å². The summed E-state index contributed by atoms with van der Waals surface area (Å²) < 4.78 is 6.43. The predicted molar refractivity (Wildman–Crippen MR) is 83.5 cm³/mol. The second kappa shape index (κ2) is 5.73. The number of ether oxygens (including phenoxy) is 1. The summed E-state index contributed by atoms with van der Waals surface area (Å²) in [6.07, 6.45) is -1.36. The zero-order valence-electron chi connectivity index (χ0n) is 12.0. The molecule has 0 fully saturated rings. The van der Waals surface area contributed by atoms with Crippen molar-refractivity contribution < 1.29 is 24.5 Å². The number of fused-ring (bicyclic) bond motifs is 1. The van der Waals surface area contributed by atoms with Gasteiger partial charge in [0.1, 0.15) is 18.1 Å². The molecule has 0 radical (unpaired) electrons. The van der Waals surface area contributed by atoms with E-state index in [1.165, 1.54) is 23.5 Å². The van der Waals surface area contributed by atoms with Crippen LogP contribution in [0.1, 0.15) is 21.2 Å². The van der Waals surface area contributed by atoms with E-state index in [4.69, 9.17) is 4.74 Å². The van der Waals surface area contributed by atoms with Crippen LogP contribution in [0.3, 0.4) is 0 Å². The average molecular weight is 332 g/mol. The number of hydrogen-bond donors (Lipinski definition) is 2. The minimum absolute atomic E-state index is 0.226. The summed E-state index contributed by atoms with van der Waals surface area (Å²) in [6, 6.07) is 6.12. The summed E-state index contributed by atoms with van der Waals surface area (Å²) in [7, 11) is 0. The second-order valence-corrected chi connectivity index (χ2v) is 5.85. The molecule has 0 aliphatic rings. The Labute approximate surface area is 134 Å². The Bertz CT molecular complexity index is 912. The molecule has 3 aromatic rings. The molecule has 1 aromatic carbocycles. The SMILES string of the molecule is Cc1nc(COc2cccc3c2cc(C(=O)O)n3C(=O)O)cs1. The first-order chi connectivity index (χ1) is 11.0. The molecular formula is C15H12N2O5S. The highest BCUT2D eigenvalue weighted by atomic mass is 32.1. The lowest BCUT2D eigenvalue weighted by Crippen LogP contribution is -2.14. The molecule has 8 heteroatoms. The van der Waals surface area contributed by atoms with Crippen molar-refractivity contribution in [2.75, 3.05) is 0 Å². The molecule has 0 saturated heterocycles. The van der Waals surface area contributed by atoms with Crippen molar-refractivity contribution >= 4 is 34.3 Å². The van der Waals surface area contributed by atoms with E-state index in [1.54, 1.807) is 12.1 Å². The number of hydrogen-bond acceptors (Lipinski definition) is 5. The monoisotopic (exact) mass is 332 g/mol. The Kier molecular flexibility index (Phi) is 3.75. The highest BCUT2D eigenvalue weighted by Crippen LogP contribution is 2.29. The summed E-state index contributed by atoms with van der Waals surface area (Å²) in [5.41, 5.74) is 0.704. The zero-order valence-corrected chi connectivity index (χ0v) is 12.8. The van der Waals surface area contributed by atoms with Crippen LogP contribution >= 0.6 is 11.3 Å². The van der Waals surface area contributed by atoms with Crippen LogP contribution in [0.2, 0.25) is 0 Å². The maximum Gasteiger partial charge on any atom is 0.416 e. The van der Waals surface area contributed by atoms with Gasteiger partial charge in [-0.2, -0.15) is 0 Å². The molecule has 118 valence electrons. The van der Waals surface area contributed by atoms with Gasteiger partial charge in [-0.05, 0) is 25.1 Å². The van der Waals surface area contributed by atoms with Gasteiger partial charge in [-0.3, -0.25) is 0 Å². The minimum Gasteiger partial charge on any atom is -0.487 e. The lowest BCUT2D eigenvalue weighted by atomic mass is 10.2. The van der Waals surface area contributed by atoms with E-state index in [-0.39, 0.29) is 17.8 Å². The molecule has 0 aliphatic carbocycles. The smallest absolute Gasteiger partial charge is 0.416 e. The van der Waals surface area contributed by atoms with Gasteiger partial charge in [-0.15, -0.1) is 11.3 Å². The van der Waals surface area contributed by atoms with Crippen LogP contribution in [0.15, 0.2) is 29.6 Å². The third-order valence-electron chi connectivity index (χ3n) is 3.26. The molecule has 0 saturated carbocycles. The number of benzene rings is 1. The Morgan fingerprint density at radius 1 is 1.35 bits per heavy atom. The first kappa shape index (κ1) is 15.0. The molecule has 2 heterocycles. The Morgan fingerprint density at radius 3 is 2.74 bits per heavy atom. The quantitative estimate of drug-likeness (QED) is 0.760. The number of thiazole rings is 1. The van der Waals surface area contributed by atoms with Crippen molar-refractivity contribution in [1.29, 1.82) is 0 Å². The van der Waals surface area contributed by atoms with Crippen LogP contribution in [-0.2, 0) is 6.61 Å². The number of aromatic nitrogens is 2. The van der Waals surface area contributed by atoms with E-state index in [9.17, 15) is 19.8 Å². The third kappa shape index (κ3) is 2.76. The number of nitrogens with zero attached hydrogens (tertiary/aromatic N) is 2. The Balaban J connectivity index is 2.03. The Hall–Kier alpha value is -2.87. The van der Waals surface area contributed by atoms with Crippen LogP contribution in [-0.4, -0.2) is 31.8 Å². The normalized spacial score (nSPS) is 10.8. The number of rotatable bonds is 4. The molecule has 23 heavy (non-hydrogen) atoms. The molecule has 0 bridgehead atoms. The van der Waals surface area contributed by atoms with Gasteiger partial charge < -0.3 is 14.9 Å². The van der Waals surface area contributed by atoms with Gasteiger partial charge in [0, 0.05) is 10.8 Å². The van der Waals surface area contributed by atoms with E-state index < -0.39 is 12.1 Å². The van der Waals surface area contributed by atoms with Gasteiger partial charge in [-0.1, -0.05) is 6.07 Å². The molecule has 0 amide bonds. The molecule has 0 unspecified atom stereocenters. The van der Waals surface area contributed by atoms with E-state index in [2.05, 4.69) is 4.98 Å². The summed E-state index contributed by atoms with van der Waals surface area (Å²) >= 11 is 1.51. The molecule has 2 N–H and O–H groups in total. The van der Waals surface area contributed by atoms with Gasteiger partial charge in [0.15, 0.2) is 0 Å². The molecule has 7 nitrogen and oxygen atoms in total. The highest BCUT2D eigenvalue weighted by Gasteiger charge is 2.21. The van der Waals surface area contributed by atoms with Gasteiger partial charge >= 0.3 is 12.1 Å². The van der Waals surface area contributed by atoms with E-state index in [0.29, 0.717) is 11.1 Å². The summed E-state index contributed by atoms with van der Waals surface area (Å²) in [5.74, 6) is -0.902. The fourth-order valence-corrected chi connectivity index (χ4v) is 2.92. The fraction of sp³-hybridized carbons (Fsp3) is 0.133. The van der Waals surface area contributed by atoms with E-state index in [0.717, 1.165) is 15.3 Å². The van der Waals surface area contributed by atoms with Crippen LogP contribution in [0.25, 0.3) is 10.9 Å². The predicted octanol–water partition coefficient (Wildman–Crippen LogP) is 3.21. The van der Waals surface area contributed by atoms with E-state index >= 15 is 0 Å². The van der Waals surface area contributed by atoms with Gasteiger partial charge in [0.2, 0.25) is 0 Å². The lowest BCUT2D eigenvalue weighted by Gasteiger charge is -2.06. The van der Waals surface area contributed by atoms with Gasteiger partial charge in [-0.25, -0.2) is 19.1 Å². The summed E-state index contributed by atoms with van der Waals surface area (Å²) in [5, 5.41) is 21.7. The highest BCUT2D eigenvalue weighted by molar-refractivity contribution is 7.09. The number of aromatic carboxylic acids is 1. The maximum absolute atomic E-state index is 11.3. The van der Waals surface area contributed by atoms with Crippen LogP contribution in [0, 0.1) is 6.92 Å². The fourth-order valence-electron chi connectivity index (χ4n) is 2.32.